The second kappa shape index (κ2) is 19.8. The molecule has 1 aromatic rings. The van der Waals surface area contributed by atoms with Gasteiger partial charge in [-0.1, -0.05) is 88.1 Å². The first-order valence-corrected chi connectivity index (χ1v) is 17.0. The molecular formula is C33H57N3O4S. The first kappa shape index (κ1) is 36.8. The van der Waals surface area contributed by atoms with Gasteiger partial charge in [0, 0.05) is 13.1 Å². The first-order valence-electron chi connectivity index (χ1n) is 15.6. The molecule has 0 aromatic heterocycles. The summed E-state index contributed by atoms with van der Waals surface area (Å²) in [6.07, 6.45) is 11.2. The molecule has 0 aliphatic carbocycles. The summed E-state index contributed by atoms with van der Waals surface area (Å²) < 4.78 is 5.51. The molecule has 0 heterocycles. The minimum atomic E-state index is -0.793. The van der Waals surface area contributed by atoms with Crippen molar-refractivity contribution in [3.05, 3.63) is 34.9 Å². The lowest BCUT2D eigenvalue weighted by molar-refractivity contribution is -0.142. The van der Waals surface area contributed by atoms with Crippen LogP contribution in [0.4, 0.5) is 4.79 Å². The summed E-state index contributed by atoms with van der Waals surface area (Å²) in [5.41, 5.74) is 2.20. The highest BCUT2D eigenvalue weighted by Gasteiger charge is 2.36. The van der Waals surface area contributed by atoms with Crippen molar-refractivity contribution >= 4 is 29.7 Å². The molecule has 0 bridgehead atoms. The van der Waals surface area contributed by atoms with Crippen molar-refractivity contribution in [2.45, 2.75) is 130 Å². The standard InChI is InChI=1S/C33H57N3O4S/c1-9-11-13-14-15-17-20-36(31(38)28(18-21-41-8)35-32(39)40-33(5,6)7)29(30(37)34-19-16-12-10-2)27-23-25(3)22-26(4)24-27/h22-24,28-29H,9-21H2,1-8H3,(H,34,37)(H,35,39). The van der Waals surface area contributed by atoms with Crippen molar-refractivity contribution in [2.24, 2.45) is 0 Å². The van der Waals surface area contributed by atoms with E-state index in [1.165, 1.54) is 19.3 Å². The Labute approximate surface area is 254 Å². The van der Waals surface area contributed by atoms with Crippen LogP contribution >= 0.6 is 11.8 Å². The summed E-state index contributed by atoms with van der Waals surface area (Å²) in [5, 5.41) is 5.95. The molecular weight excluding hydrogens is 534 g/mol. The third-order valence-electron chi connectivity index (χ3n) is 6.83. The molecule has 0 aliphatic heterocycles. The number of nitrogens with one attached hydrogen (secondary N) is 2. The monoisotopic (exact) mass is 591 g/mol. The molecule has 0 spiro atoms. The highest BCUT2D eigenvalue weighted by Crippen LogP contribution is 2.26. The Morgan fingerprint density at radius 2 is 1.49 bits per heavy atom. The maximum Gasteiger partial charge on any atom is 0.408 e. The van der Waals surface area contributed by atoms with Gasteiger partial charge in [-0.2, -0.15) is 11.8 Å². The van der Waals surface area contributed by atoms with Crippen molar-refractivity contribution in [3.8, 4) is 0 Å². The number of benzene rings is 1. The summed E-state index contributed by atoms with van der Waals surface area (Å²) in [7, 11) is 0. The highest BCUT2D eigenvalue weighted by atomic mass is 32.2. The largest absolute Gasteiger partial charge is 0.444 e. The number of aryl methyl sites for hydroxylation is 2. The van der Waals surface area contributed by atoms with Gasteiger partial charge in [0.25, 0.3) is 0 Å². The number of ether oxygens (including phenoxy) is 1. The molecule has 8 heteroatoms. The zero-order valence-electron chi connectivity index (χ0n) is 27.1. The van der Waals surface area contributed by atoms with Crippen molar-refractivity contribution in [3.63, 3.8) is 0 Å². The minimum Gasteiger partial charge on any atom is -0.444 e. The van der Waals surface area contributed by atoms with Crippen LogP contribution in [0.3, 0.4) is 0 Å². The SMILES string of the molecule is CCCCCCCCN(C(=O)C(CCSC)NC(=O)OC(C)(C)C)C(C(=O)NCCCCC)c1cc(C)cc(C)c1. The fourth-order valence-corrected chi connectivity index (χ4v) is 5.37. The molecule has 0 saturated carbocycles. The van der Waals surface area contributed by atoms with Crippen molar-refractivity contribution < 1.29 is 19.1 Å². The summed E-state index contributed by atoms with van der Waals surface area (Å²) in [4.78, 5) is 42.7. The molecule has 1 aromatic carbocycles. The zero-order valence-corrected chi connectivity index (χ0v) is 27.9. The van der Waals surface area contributed by atoms with Crippen molar-refractivity contribution in [1.82, 2.24) is 15.5 Å². The number of thioether (sulfide) groups is 1. The molecule has 7 nitrogen and oxygen atoms in total. The second-order valence-electron chi connectivity index (χ2n) is 12.1. The quantitative estimate of drug-likeness (QED) is 0.163. The molecule has 0 fully saturated rings. The van der Waals surface area contributed by atoms with E-state index in [4.69, 9.17) is 4.74 Å². The van der Waals surface area contributed by atoms with E-state index in [2.05, 4.69) is 30.5 Å². The summed E-state index contributed by atoms with van der Waals surface area (Å²) in [6, 6.07) is 4.51. The first-order chi connectivity index (χ1) is 19.4. The molecule has 2 N–H and O–H groups in total. The molecule has 0 radical (unpaired) electrons. The van der Waals surface area contributed by atoms with Crippen LogP contribution in [0.2, 0.25) is 0 Å². The van der Waals surface area contributed by atoms with Gasteiger partial charge >= 0.3 is 6.09 Å². The topological polar surface area (TPSA) is 87.7 Å². The van der Waals surface area contributed by atoms with E-state index in [1.54, 1.807) is 37.4 Å². The van der Waals surface area contributed by atoms with Gasteiger partial charge in [0.15, 0.2) is 0 Å². The van der Waals surface area contributed by atoms with Crippen LogP contribution in [-0.4, -0.2) is 59.5 Å². The molecule has 2 unspecified atom stereocenters. The van der Waals surface area contributed by atoms with Crippen LogP contribution in [0.15, 0.2) is 18.2 Å². The fraction of sp³-hybridized carbons (Fsp3) is 0.727. The Morgan fingerprint density at radius 1 is 0.902 bits per heavy atom. The lowest BCUT2D eigenvalue weighted by atomic mass is 9.97. The normalized spacial score (nSPS) is 12.9. The summed E-state index contributed by atoms with van der Waals surface area (Å²) >= 11 is 1.62. The molecule has 3 amide bonds. The van der Waals surface area contributed by atoms with Gasteiger partial charge in [-0.05, 0) is 71.5 Å². The van der Waals surface area contributed by atoms with Crippen molar-refractivity contribution in [1.29, 1.82) is 0 Å². The van der Waals surface area contributed by atoms with Crippen LogP contribution in [0, 0.1) is 13.8 Å². The van der Waals surface area contributed by atoms with Gasteiger partial charge in [-0.15, -0.1) is 0 Å². The second-order valence-corrected chi connectivity index (χ2v) is 13.1. The van der Waals surface area contributed by atoms with Crippen LogP contribution < -0.4 is 10.6 Å². The van der Waals surface area contributed by atoms with Gasteiger partial charge in [0.2, 0.25) is 11.8 Å². The van der Waals surface area contributed by atoms with E-state index in [9.17, 15) is 14.4 Å². The van der Waals surface area contributed by atoms with E-state index in [-0.39, 0.29) is 11.8 Å². The Kier molecular flexibility index (Phi) is 17.8. The number of hydrogen-bond acceptors (Lipinski definition) is 5. The number of rotatable bonds is 19. The third kappa shape index (κ3) is 15.0. The Hall–Kier alpha value is -2.22. The molecule has 41 heavy (non-hydrogen) atoms. The number of unbranched alkanes of at least 4 members (excludes halogenated alkanes) is 7. The van der Waals surface area contributed by atoms with Crippen molar-refractivity contribution in [2.75, 3.05) is 25.1 Å². The van der Waals surface area contributed by atoms with Gasteiger partial charge in [0.05, 0.1) is 0 Å². The third-order valence-corrected chi connectivity index (χ3v) is 7.48. The Balaban J connectivity index is 3.45. The van der Waals surface area contributed by atoms with E-state index >= 15 is 0 Å². The highest BCUT2D eigenvalue weighted by molar-refractivity contribution is 7.98. The van der Waals surface area contributed by atoms with E-state index in [0.29, 0.717) is 25.3 Å². The lowest BCUT2D eigenvalue weighted by Crippen LogP contribution is -2.53. The summed E-state index contributed by atoms with van der Waals surface area (Å²) in [6.45, 7) is 14.8. The molecule has 2 atom stereocenters. The average Bonchev–Trinajstić information content (AvgIpc) is 2.88. The number of alkyl carbamates (subject to hydrolysis) is 1. The lowest BCUT2D eigenvalue weighted by Gasteiger charge is -2.35. The van der Waals surface area contributed by atoms with Crippen LogP contribution in [0.1, 0.15) is 122 Å². The van der Waals surface area contributed by atoms with Gasteiger partial charge in [0.1, 0.15) is 17.7 Å². The predicted octanol–water partition coefficient (Wildman–Crippen LogP) is 7.49. The Bertz CT molecular complexity index is 911. The van der Waals surface area contributed by atoms with Gasteiger partial charge in [-0.3, -0.25) is 9.59 Å². The fourth-order valence-electron chi connectivity index (χ4n) is 4.90. The number of amides is 3. The van der Waals surface area contributed by atoms with E-state index in [0.717, 1.165) is 55.2 Å². The Morgan fingerprint density at radius 3 is 2.07 bits per heavy atom. The molecule has 0 aliphatic rings. The molecule has 0 saturated heterocycles. The maximum atomic E-state index is 14.3. The number of hydrogen-bond donors (Lipinski definition) is 2. The van der Waals surface area contributed by atoms with E-state index < -0.39 is 23.8 Å². The van der Waals surface area contributed by atoms with Crippen LogP contribution in [0.25, 0.3) is 0 Å². The number of carbonyl (C=O) groups is 3. The smallest absolute Gasteiger partial charge is 0.408 e. The van der Waals surface area contributed by atoms with Crippen LogP contribution in [-0.2, 0) is 14.3 Å². The number of nitrogens with zero attached hydrogens (tertiary/aromatic N) is 1. The van der Waals surface area contributed by atoms with E-state index in [1.807, 2.05) is 32.2 Å². The van der Waals surface area contributed by atoms with Crippen LogP contribution in [0.5, 0.6) is 0 Å². The zero-order chi connectivity index (χ0) is 30.8. The number of carbonyl (C=O) groups excluding carboxylic acids is 3. The predicted molar refractivity (Wildman–Crippen MR) is 172 cm³/mol. The molecule has 234 valence electrons. The van der Waals surface area contributed by atoms with Gasteiger partial charge < -0.3 is 20.3 Å². The minimum absolute atomic E-state index is 0.175. The molecule has 1 rings (SSSR count). The average molecular weight is 592 g/mol. The summed E-state index contributed by atoms with van der Waals surface area (Å²) in [5.74, 6) is 0.270. The maximum absolute atomic E-state index is 14.3. The van der Waals surface area contributed by atoms with Gasteiger partial charge in [-0.25, -0.2) is 4.79 Å².